The first-order chi connectivity index (χ1) is 23.1. The van der Waals surface area contributed by atoms with Crippen molar-refractivity contribution in [2.45, 2.75) is 96.1 Å². The lowest BCUT2D eigenvalue weighted by Crippen LogP contribution is -2.48. The fourth-order valence-corrected chi connectivity index (χ4v) is 6.07. The van der Waals surface area contributed by atoms with Gasteiger partial charge in [0.2, 0.25) is 11.8 Å². The molecule has 1 aliphatic carbocycles. The lowest BCUT2D eigenvalue weighted by atomic mass is 9.99. The minimum Gasteiger partial charge on any atom is -0.444 e. The standard InChI is InChI=1S/C34H46F2N8O5/c1-7-23(35)8-9-24(36)16-21-19-43(20-27(21)39-32(46)48-33(2,3)4)30-37-17-22(18-38-30)28(45)44(25-10-11-25)26-12-14-42(15-13-26)31-40-29(41-49-31)34(5,6)47/h7-9,17-18,21,25-27,47H,1,10-16,19-20H2,2-6H3,(H,39,46)/b23-8+,24-9+/t21-,27-/m0/s1. The quantitative estimate of drug-likeness (QED) is 0.309. The van der Waals surface area contributed by atoms with Crippen LogP contribution in [-0.2, 0) is 10.3 Å². The van der Waals surface area contributed by atoms with Gasteiger partial charge in [0.1, 0.15) is 22.9 Å². The Balaban J connectivity index is 1.24. The minimum absolute atomic E-state index is 0.0179. The van der Waals surface area contributed by atoms with Crippen molar-refractivity contribution in [3.05, 3.63) is 60.2 Å². The summed E-state index contributed by atoms with van der Waals surface area (Å²) in [5, 5.41) is 16.9. The Hall–Kier alpha value is -4.40. The van der Waals surface area contributed by atoms with Crippen LogP contribution in [0.2, 0.25) is 0 Å². The molecule has 1 saturated carbocycles. The molecule has 15 heteroatoms. The molecule has 3 fully saturated rings. The molecule has 266 valence electrons. The van der Waals surface area contributed by atoms with Gasteiger partial charge in [0.15, 0.2) is 0 Å². The maximum Gasteiger partial charge on any atom is 0.407 e. The maximum atomic E-state index is 14.8. The molecule has 13 nitrogen and oxygen atoms in total. The number of carbonyl (C=O) groups excluding carboxylic acids is 2. The van der Waals surface area contributed by atoms with Crippen molar-refractivity contribution in [2.75, 3.05) is 36.0 Å². The number of ether oxygens (including phenoxy) is 1. The minimum atomic E-state index is -1.21. The molecule has 4 heterocycles. The zero-order chi connectivity index (χ0) is 35.5. The second-order valence-corrected chi connectivity index (χ2v) is 14.4. The molecule has 2 amide bonds. The number of hydrogen-bond donors (Lipinski definition) is 2. The summed E-state index contributed by atoms with van der Waals surface area (Å²) in [4.78, 5) is 45.5. The fourth-order valence-electron chi connectivity index (χ4n) is 6.07. The zero-order valence-corrected chi connectivity index (χ0v) is 28.7. The lowest BCUT2D eigenvalue weighted by molar-refractivity contribution is 0.0495. The summed E-state index contributed by atoms with van der Waals surface area (Å²) in [7, 11) is 0. The third kappa shape index (κ3) is 9.40. The number of rotatable bonds is 11. The average molecular weight is 685 g/mol. The number of aromatic nitrogens is 4. The maximum absolute atomic E-state index is 14.8. The van der Waals surface area contributed by atoms with Gasteiger partial charge in [-0.25, -0.2) is 23.5 Å². The van der Waals surface area contributed by atoms with Crippen molar-refractivity contribution in [2.24, 2.45) is 5.92 Å². The van der Waals surface area contributed by atoms with Gasteiger partial charge in [-0.15, -0.1) is 0 Å². The summed E-state index contributed by atoms with van der Waals surface area (Å²) < 4.78 is 39.1. The van der Waals surface area contributed by atoms with Gasteiger partial charge >= 0.3 is 12.1 Å². The van der Waals surface area contributed by atoms with Gasteiger partial charge in [0, 0.05) is 63.0 Å². The van der Waals surface area contributed by atoms with Crippen LogP contribution in [0, 0.1) is 5.92 Å². The molecule has 3 aliphatic rings. The highest BCUT2D eigenvalue weighted by molar-refractivity contribution is 5.94. The highest BCUT2D eigenvalue weighted by Crippen LogP contribution is 2.34. The van der Waals surface area contributed by atoms with Crippen LogP contribution in [0.15, 0.2) is 53.4 Å². The second kappa shape index (κ2) is 14.6. The lowest BCUT2D eigenvalue weighted by Gasteiger charge is -2.38. The van der Waals surface area contributed by atoms with Gasteiger partial charge in [-0.1, -0.05) is 11.7 Å². The fraction of sp³-hybridized carbons (Fsp3) is 0.588. The van der Waals surface area contributed by atoms with E-state index in [1.807, 2.05) is 14.7 Å². The zero-order valence-electron chi connectivity index (χ0n) is 28.7. The van der Waals surface area contributed by atoms with Crippen LogP contribution in [0.4, 0.5) is 25.5 Å². The average Bonchev–Trinajstić information content (AvgIpc) is 3.59. The number of aliphatic hydroxyl groups is 1. The predicted octanol–water partition coefficient (Wildman–Crippen LogP) is 4.97. The van der Waals surface area contributed by atoms with Crippen molar-refractivity contribution in [3.63, 3.8) is 0 Å². The summed E-state index contributed by atoms with van der Waals surface area (Å²) in [6.07, 6.45) is 8.67. The number of anilines is 2. The Morgan fingerprint density at radius 3 is 2.29 bits per heavy atom. The number of halogens is 2. The molecule has 2 aromatic rings. The van der Waals surface area contributed by atoms with Gasteiger partial charge in [-0.3, -0.25) is 4.79 Å². The van der Waals surface area contributed by atoms with Crippen LogP contribution in [-0.4, -0.2) is 92.0 Å². The van der Waals surface area contributed by atoms with Crippen molar-refractivity contribution in [3.8, 4) is 0 Å². The van der Waals surface area contributed by atoms with Crippen LogP contribution < -0.4 is 15.1 Å². The molecular weight excluding hydrogens is 638 g/mol. The molecule has 0 radical (unpaired) electrons. The Morgan fingerprint density at radius 2 is 1.71 bits per heavy atom. The van der Waals surface area contributed by atoms with E-state index < -0.39 is 35.0 Å². The predicted molar refractivity (Wildman–Crippen MR) is 178 cm³/mol. The number of alkyl carbamates (subject to hydrolysis) is 1. The van der Waals surface area contributed by atoms with E-state index in [0.717, 1.165) is 31.1 Å². The third-order valence-electron chi connectivity index (χ3n) is 8.65. The number of piperidine rings is 1. The van der Waals surface area contributed by atoms with Gasteiger partial charge in [0.25, 0.3) is 5.91 Å². The Kier molecular flexibility index (Phi) is 10.7. The van der Waals surface area contributed by atoms with E-state index in [9.17, 15) is 23.5 Å². The second-order valence-electron chi connectivity index (χ2n) is 14.4. The highest BCUT2D eigenvalue weighted by Gasteiger charge is 2.41. The van der Waals surface area contributed by atoms with Crippen molar-refractivity contribution < 1.29 is 32.7 Å². The Morgan fingerprint density at radius 1 is 1.06 bits per heavy atom. The molecule has 5 rings (SSSR count). The topological polar surface area (TPSA) is 150 Å². The van der Waals surface area contributed by atoms with Gasteiger partial charge < -0.3 is 34.4 Å². The molecule has 0 bridgehead atoms. The van der Waals surface area contributed by atoms with Crippen LogP contribution in [0.5, 0.6) is 0 Å². The van der Waals surface area contributed by atoms with E-state index >= 15 is 0 Å². The van der Waals surface area contributed by atoms with E-state index in [4.69, 9.17) is 9.26 Å². The Labute approximate surface area is 285 Å². The smallest absolute Gasteiger partial charge is 0.407 e. The van der Waals surface area contributed by atoms with Gasteiger partial charge in [0.05, 0.1) is 11.6 Å². The summed E-state index contributed by atoms with van der Waals surface area (Å²) in [5.41, 5.74) is -1.56. The first kappa shape index (κ1) is 35.9. The number of carbonyl (C=O) groups is 2. The number of nitrogens with one attached hydrogen (secondary N) is 1. The van der Waals surface area contributed by atoms with Crippen LogP contribution in [0.3, 0.4) is 0 Å². The van der Waals surface area contributed by atoms with E-state index in [-0.39, 0.29) is 42.7 Å². The molecule has 2 aromatic heterocycles. The molecule has 49 heavy (non-hydrogen) atoms. The molecule has 2 N–H and O–H groups in total. The monoisotopic (exact) mass is 684 g/mol. The third-order valence-corrected chi connectivity index (χ3v) is 8.65. The van der Waals surface area contributed by atoms with E-state index in [0.29, 0.717) is 50.0 Å². The Bertz CT molecular complexity index is 1550. The molecular formula is C34H46F2N8O5. The van der Waals surface area contributed by atoms with Crippen LogP contribution >= 0.6 is 0 Å². The molecule has 2 atom stereocenters. The summed E-state index contributed by atoms with van der Waals surface area (Å²) in [6, 6.07) is 0.0288. The summed E-state index contributed by atoms with van der Waals surface area (Å²) >= 11 is 0. The first-order valence-corrected chi connectivity index (χ1v) is 16.7. The molecule has 0 aromatic carbocycles. The molecule has 0 unspecified atom stereocenters. The van der Waals surface area contributed by atoms with Gasteiger partial charge in [-0.05, 0) is 78.5 Å². The number of amides is 2. The van der Waals surface area contributed by atoms with Crippen molar-refractivity contribution in [1.82, 2.24) is 30.3 Å². The summed E-state index contributed by atoms with van der Waals surface area (Å²) in [6.45, 7) is 13.6. The molecule has 2 aliphatic heterocycles. The number of hydrogen-bond acceptors (Lipinski definition) is 11. The largest absolute Gasteiger partial charge is 0.444 e. The van der Waals surface area contributed by atoms with Crippen molar-refractivity contribution in [1.29, 1.82) is 0 Å². The molecule has 2 saturated heterocycles. The van der Waals surface area contributed by atoms with E-state index in [1.54, 1.807) is 34.6 Å². The van der Waals surface area contributed by atoms with Crippen molar-refractivity contribution >= 4 is 24.0 Å². The van der Waals surface area contributed by atoms with Crippen LogP contribution in [0.1, 0.15) is 82.9 Å². The van der Waals surface area contributed by atoms with Crippen LogP contribution in [0.25, 0.3) is 0 Å². The SMILES string of the molecule is C=C/C(F)=C\C=C(\F)C[C@H]1CN(c2ncc(C(=O)N(C3CC3)C3CCN(c4nc(C(C)(C)O)no4)CC3)cn2)C[C@@H]1NC(=O)OC(C)(C)C. The summed E-state index contributed by atoms with van der Waals surface area (Å²) in [5.74, 6) is -1.17. The van der Waals surface area contributed by atoms with E-state index in [1.165, 1.54) is 12.4 Å². The number of allylic oxidation sites excluding steroid dienone is 5. The first-order valence-electron chi connectivity index (χ1n) is 16.7. The van der Waals surface area contributed by atoms with E-state index in [2.05, 4.69) is 32.0 Å². The molecule has 0 spiro atoms. The van der Waals surface area contributed by atoms with Gasteiger partial charge in [-0.2, -0.15) is 4.98 Å². The highest BCUT2D eigenvalue weighted by atomic mass is 19.1. The number of nitrogens with zero attached hydrogens (tertiary/aromatic N) is 7. The normalized spacial score (nSPS) is 21.1.